The van der Waals surface area contributed by atoms with E-state index in [1.165, 1.54) is 0 Å². The van der Waals surface area contributed by atoms with Crippen LogP contribution in [0, 0.1) is 0 Å². The van der Waals surface area contributed by atoms with Gasteiger partial charge in [-0.3, -0.25) is 33.8 Å². The first-order chi connectivity index (χ1) is 19.0. The second kappa shape index (κ2) is 21.7. The summed E-state index contributed by atoms with van der Waals surface area (Å²) in [5.74, 6) is -3.70. The fraction of sp³-hybridized carbons (Fsp3) is 0.667. The molecule has 18 nitrogen and oxygen atoms in total. The number of carbonyl (C=O) groups is 6. The third kappa shape index (κ3) is 18.9. The lowest BCUT2D eigenvalue weighted by Crippen LogP contribution is -2.53. The molecule has 0 aromatic carbocycles. The first kappa shape index (κ1) is 35.8. The van der Waals surface area contributed by atoms with Gasteiger partial charge in [0.25, 0.3) is 0 Å². The van der Waals surface area contributed by atoms with E-state index < -0.39 is 54.1 Å². The largest absolute Gasteiger partial charge is 0.370 e. The Hall–Kier alpha value is -4.25. The highest BCUT2D eigenvalue weighted by atomic mass is 32.1. The van der Waals surface area contributed by atoms with E-state index >= 15 is 0 Å². The third-order valence-electron chi connectivity index (χ3n) is 4.92. The van der Waals surface area contributed by atoms with Crippen molar-refractivity contribution >= 4 is 54.0 Å². The molecular weight excluding hydrogens is 548 g/mol. The Bertz CT molecular complexity index is 952. The van der Waals surface area contributed by atoms with Crippen molar-refractivity contribution in [2.75, 3.05) is 38.5 Å². The number of guanidine groups is 1. The first-order valence-electron chi connectivity index (χ1n) is 12.4. The zero-order valence-electron chi connectivity index (χ0n) is 22.1. The number of nitrogens with one attached hydrogen (secondary N) is 5. The Kier molecular flexibility index (Phi) is 19.4. The minimum Gasteiger partial charge on any atom is -0.370 e. The van der Waals surface area contributed by atoms with Crippen LogP contribution in [-0.2, 0) is 28.8 Å². The van der Waals surface area contributed by atoms with E-state index in [9.17, 15) is 28.8 Å². The summed E-state index contributed by atoms with van der Waals surface area (Å²) >= 11 is 4.03. The van der Waals surface area contributed by atoms with Gasteiger partial charge in [-0.05, 0) is 31.2 Å². The van der Waals surface area contributed by atoms with Crippen molar-refractivity contribution in [2.24, 2.45) is 27.3 Å². The monoisotopic (exact) mass is 586 g/mol. The van der Waals surface area contributed by atoms with E-state index in [1.807, 2.05) is 0 Å². The van der Waals surface area contributed by atoms with Gasteiger partial charge >= 0.3 is 0 Å². The summed E-state index contributed by atoms with van der Waals surface area (Å²) in [6, 6.07) is -2.10. The Morgan fingerprint density at radius 2 is 1.40 bits per heavy atom. The fourth-order valence-corrected chi connectivity index (χ4v) is 3.22. The smallest absolute Gasteiger partial charge is 0.243 e. The number of nitrogens with zero attached hydrogens (tertiary/aromatic N) is 4. The molecule has 0 fully saturated rings. The molecule has 0 heterocycles. The van der Waals surface area contributed by atoms with Crippen LogP contribution in [0.25, 0.3) is 10.4 Å². The van der Waals surface area contributed by atoms with E-state index in [-0.39, 0.29) is 63.6 Å². The maximum Gasteiger partial charge on any atom is 0.243 e. The van der Waals surface area contributed by atoms with Gasteiger partial charge in [-0.25, -0.2) is 0 Å². The minimum absolute atomic E-state index is 0.0152. The van der Waals surface area contributed by atoms with Crippen LogP contribution in [0.1, 0.15) is 38.5 Å². The highest BCUT2D eigenvalue weighted by Crippen LogP contribution is 2.01. The number of aliphatic imine (C=N–C) groups is 1. The quantitative estimate of drug-likeness (QED) is 0.0124. The van der Waals surface area contributed by atoms with Gasteiger partial charge < -0.3 is 43.8 Å². The number of nitrogens with two attached hydrogens (primary N) is 3. The SMILES string of the molecule is [N-]=[N+]=NCCCC(=O)N[C@@H](CCCN=C(N)N)C(=O)NCC(=O)N[C@H](CS)C(=O)NCC(=O)NCCCC(N)=O. The average molecular weight is 587 g/mol. The van der Waals surface area contributed by atoms with Crippen LogP contribution in [-0.4, -0.2) is 92.0 Å². The number of carbonyl (C=O) groups excluding carboxylic acids is 6. The van der Waals surface area contributed by atoms with Crippen LogP contribution >= 0.6 is 12.6 Å². The molecule has 19 heteroatoms. The number of rotatable bonds is 21. The molecule has 0 aliphatic rings. The van der Waals surface area contributed by atoms with Crippen LogP contribution < -0.4 is 43.8 Å². The summed E-state index contributed by atoms with van der Waals surface area (Å²) < 4.78 is 0. The minimum atomic E-state index is -1.10. The molecule has 0 radical (unpaired) electrons. The molecule has 0 aliphatic heterocycles. The normalized spacial score (nSPS) is 11.5. The number of hydrogen-bond acceptors (Lipinski definition) is 9. The van der Waals surface area contributed by atoms with E-state index in [0.717, 1.165) is 0 Å². The fourth-order valence-electron chi connectivity index (χ4n) is 2.97. The van der Waals surface area contributed by atoms with Gasteiger partial charge in [-0.15, -0.1) is 0 Å². The molecular formula is C21H38N12O6S. The number of hydrogen-bond donors (Lipinski definition) is 9. The van der Waals surface area contributed by atoms with Crippen molar-refractivity contribution in [3.8, 4) is 0 Å². The molecule has 0 saturated carbocycles. The first-order valence-corrected chi connectivity index (χ1v) is 13.0. The number of thiol groups is 1. The van der Waals surface area contributed by atoms with Crippen molar-refractivity contribution < 1.29 is 28.8 Å². The molecule has 224 valence electrons. The second-order valence-corrected chi connectivity index (χ2v) is 8.65. The molecule has 0 aromatic rings. The molecule has 11 N–H and O–H groups in total. The van der Waals surface area contributed by atoms with Gasteiger partial charge in [0.05, 0.1) is 13.1 Å². The summed E-state index contributed by atoms with van der Waals surface area (Å²) in [5, 5.41) is 15.6. The summed E-state index contributed by atoms with van der Waals surface area (Å²) in [6.45, 7) is -0.337. The van der Waals surface area contributed by atoms with Gasteiger partial charge in [-0.2, -0.15) is 12.6 Å². The molecule has 0 saturated heterocycles. The van der Waals surface area contributed by atoms with Crippen LogP contribution in [0.2, 0.25) is 0 Å². The van der Waals surface area contributed by atoms with Crippen LogP contribution in [0.15, 0.2) is 10.1 Å². The zero-order valence-corrected chi connectivity index (χ0v) is 23.0. The van der Waals surface area contributed by atoms with E-state index in [0.29, 0.717) is 12.8 Å². The Balaban J connectivity index is 4.77. The molecule has 40 heavy (non-hydrogen) atoms. The van der Waals surface area contributed by atoms with Crippen LogP contribution in [0.3, 0.4) is 0 Å². The van der Waals surface area contributed by atoms with Gasteiger partial charge in [-0.1, -0.05) is 5.11 Å². The molecule has 0 aromatic heterocycles. The lowest BCUT2D eigenvalue weighted by atomic mass is 10.1. The Morgan fingerprint density at radius 1 is 0.775 bits per heavy atom. The van der Waals surface area contributed by atoms with Gasteiger partial charge in [0, 0.05) is 43.1 Å². The second-order valence-electron chi connectivity index (χ2n) is 8.29. The Labute approximate surface area is 236 Å². The van der Waals surface area contributed by atoms with E-state index in [2.05, 4.69) is 54.2 Å². The van der Waals surface area contributed by atoms with Crippen molar-refractivity contribution in [3.63, 3.8) is 0 Å². The Morgan fingerprint density at radius 3 is 2.00 bits per heavy atom. The number of primary amides is 1. The lowest BCUT2D eigenvalue weighted by molar-refractivity contribution is -0.131. The van der Waals surface area contributed by atoms with Crippen molar-refractivity contribution in [1.29, 1.82) is 0 Å². The summed E-state index contributed by atoms with van der Waals surface area (Å²) in [7, 11) is 0. The van der Waals surface area contributed by atoms with E-state index in [1.54, 1.807) is 0 Å². The number of amides is 6. The van der Waals surface area contributed by atoms with Gasteiger partial charge in [0.2, 0.25) is 35.4 Å². The standard InChI is InChI=1S/C21H38N12O6S/c22-15(34)5-2-7-26-17(36)10-28-20(39)14(12-40)32-18(37)11-29-19(38)13(4-1-8-27-21(23)24)31-16(35)6-3-9-30-33-25/h13-14,40H,1-12H2,(H2,22,34)(H,26,36)(H,28,39)(H,29,38)(H,31,35)(H,32,37)(H4,23,24,27)/t13-,14+/m0/s1. The average Bonchev–Trinajstić information content (AvgIpc) is 2.90. The van der Waals surface area contributed by atoms with Crippen LogP contribution in [0.4, 0.5) is 0 Å². The molecule has 0 aliphatic carbocycles. The highest BCUT2D eigenvalue weighted by molar-refractivity contribution is 7.80. The van der Waals surface area contributed by atoms with Crippen LogP contribution in [0.5, 0.6) is 0 Å². The van der Waals surface area contributed by atoms with Gasteiger partial charge in [0.1, 0.15) is 12.1 Å². The van der Waals surface area contributed by atoms with E-state index in [4.69, 9.17) is 22.7 Å². The molecule has 0 unspecified atom stereocenters. The maximum absolute atomic E-state index is 12.7. The summed E-state index contributed by atoms with van der Waals surface area (Å²) in [4.78, 5) is 78.4. The van der Waals surface area contributed by atoms with Crippen molar-refractivity contribution in [3.05, 3.63) is 10.4 Å². The third-order valence-corrected chi connectivity index (χ3v) is 5.29. The zero-order chi connectivity index (χ0) is 30.3. The summed E-state index contributed by atoms with van der Waals surface area (Å²) in [5.41, 5.74) is 23.9. The predicted octanol–water partition coefficient (Wildman–Crippen LogP) is -3.36. The number of azide groups is 1. The topological polar surface area (TPSA) is 302 Å². The molecule has 6 amide bonds. The maximum atomic E-state index is 12.7. The van der Waals surface area contributed by atoms with Crippen molar-refractivity contribution in [1.82, 2.24) is 26.6 Å². The highest BCUT2D eigenvalue weighted by Gasteiger charge is 2.23. The lowest BCUT2D eigenvalue weighted by Gasteiger charge is -2.19. The van der Waals surface area contributed by atoms with Gasteiger partial charge in [0.15, 0.2) is 5.96 Å². The summed E-state index contributed by atoms with van der Waals surface area (Å²) in [6.07, 6.45) is 1.28. The molecule has 0 rings (SSSR count). The molecule has 2 atom stereocenters. The molecule has 0 bridgehead atoms. The molecule has 0 spiro atoms. The van der Waals surface area contributed by atoms with Crippen molar-refractivity contribution in [2.45, 2.75) is 50.6 Å². The predicted molar refractivity (Wildman–Crippen MR) is 148 cm³/mol.